The molecule has 0 atom stereocenters. The normalized spacial score (nSPS) is 10.2. The maximum Gasteiger partial charge on any atom is 0.250 e. The molecule has 0 radical (unpaired) electrons. The predicted octanol–water partition coefficient (Wildman–Crippen LogP) is 1.27. The van der Waals surface area contributed by atoms with E-state index in [9.17, 15) is 4.79 Å². The second-order valence-electron chi connectivity index (χ2n) is 3.75. The molecule has 1 aromatic rings. The highest BCUT2D eigenvalue weighted by atomic mass is 16.5. The molecule has 0 saturated carbocycles. The Morgan fingerprint density at radius 1 is 1.32 bits per heavy atom. The van der Waals surface area contributed by atoms with E-state index >= 15 is 0 Å². The summed E-state index contributed by atoms with van der Waals surface area (Å²) in [6.45, 7) is 3.36. The Balaban J connectivity index is 2.39. The zero-order valence-electron chi connectivity index (χ0n) is 11.3. The largest absolute Gasteiger partial charge is 0.497 e. The second kappa shape index (κ2) is 8.34. The van der Waals surface area contributed by atoms with Crippen LogP contribution in [0, 0.1) is 0 Å². The Labute approximate surface area is 112 Å². The number of ether oxygens (including phenoxy) is 3. The summed E-state index contributed by atoms with van der Waals surface area (Å²) < 4.78 is 15.3. The summed E-state index contributed by atoms with van der Waals surface area (Å²) in [4.78, 5) is 11.6. The number of hydrogen-bond donors (Lipinski definition) is 2. The maximum atomic E-state index is 11.6. The van der Waals surface area contributed by atoms with Gasteiger partial charge < -0.3 is 25.3 Å². The van der Waals surface area contributed by atoms with Gasteiger partial charge in [0.15, 0.2) is 0 Å². The molecule has 0 aromatic heterocycles. The summed E-state index contributed by atoms with van der Waals surface area (Å²) in [5.74, 6) is 0.359. The van der Waals surface area contributed by atoms with Crippen molar-refractivity contribution in [3.05, 3.63) is 18.2 Å². The number of rotatable bonds is 8. The second-order valence-corrected chi connectivity index (χ2v) is 3.75. The summed E-state index contributed by atoms with van der Waals surface area (Å²) in [5.41, 5.74) is 6.74. The van der Waals surface area contributed by atoms with Gasteiger partial charge in [-0.05, 0) is 19.1 Å². The lowest BCUT2D eigenvalue weighted by molar-refractivity contribution is -0.121. The van der Waals surface area contributed by atoms with Crippen molar-refractivity contribution in [1.29, 1.82) is 0 Å². The van der Waals surface area contributed by atoms with Crippen LogP contribution in [0.15, 0.2) is 18.2 Å². The van der Waals surface area contributed by atoms with E-state index in [0.717, 1.165) is 0 Å². The quantitative estimate of drug-likeness (QED) is 0.548. The molecule has 0 spiro atoms. The molecule has 6 nitrogen and oxygen atoms in total. The summed E-state index contributed by atoms with van der Waals surface area (Å²) >= 11 is 0. The summed E-state index contributed by atoms with van der Waals surface area (Å²) in [6, 6.07) is 5.06. The minimum atomic E-state index is -0.267. The Kier molecular flexibility index (Phi) is 6.70. The number of amides is 1. The zero-order chi connectivity index (χ0) is 14.1. The first-order chi connectivity index (χ1) is 9.17. The zero-order valence-corrected chi connectivity index (χ0v) is 11.3. The van der Waals surface area contributed by atoms with Crippen molar-refractivity contribution in [2.45, 2.75) is 6.92 Å². The van der Waals surface area contributed by atoms with Gasteiger partial charge in [-0.1, -0.05) is 0 Å². The van der Waals surface area contributed by atoms with Crippen LogP contribution in [-0.4, -0.2) is 39.4 Å². The van der Waals surface area contributed by atoms with Crippen LogP contribution in [0.4, 0.5) is 11.4 Å². The van der Waals surface area contributed by atoms with Crippen molar-refractivity contribution in [1.82, 2.24) is 0 Å². The maximum absolute atomic E-state index is 11.6. The number of benzene rings is 1. The van der Waals surface area contributed by atoms with Crippen LogP contribution in [0.3, 0.4) is 0 Å². The highest BCUT2D eigenvalue weighted by molar-refractivity contribution is 5.94. The number of methoxy groups -OCH3 is 1. The standard InChI is InChI=1S/C13H20N2O4/c1-3-18-6-7-19-9-13(16)15-12-8-10(17-2)4-5-11(12)14/h4-5,8H,3,6-7,9,14H2,1-2H3,(H,15,16). The van der Waals surface area contributed by atoms with E-state index in [0.29, 0.717) is 36.9 Å². The van der Waals surface area contributed by atoms with Gasteiger partial charge in [-0.15, -0.1) is 0 Å². The number of nitrogen functional groups attached to an aromatic ring is 1. The Bertz CT molecular complexity index is 410. The molecule has 3 N–H and O–H groups in total. The first kappa shape index (κ1) is 15.3. The molecule has 1 amide bonds. The third-order valence-electron chi connectivity index (χ3n) is 2.34. The van der Waals surface area contributed by atoms with Crippen molar-refractivity contribution in [2.75, 3.05) is 44.6 Å². The average molecular weight is 268 g/mol. The average Bonchev–Trinajstić information content (AvgIpc) is 2.41. The molecule has 1 aromatic carbocycles. The van der Waals surface area contributed by atoms with Crippen LogP contribution in [0.1, 0.15) is 6.92 Å². The van der Waals surface area contributed by atoms with Crippen LogP contribution in [0.2, 0.25) is 0 Å². The van der Waals surface area contributed by atoms with Crippen LogP contribution >= 0.6 is 0 Å². The predicted molar refractivity (Wildman–Crippen MR) is 73.3 cm³/mol. The molecule has 0 saturated heterocycles. The van der Waals surface area contributed by atoms with Crippen LogP contribution < -0.4 is 15.8 Å². The highest BCUT2D eigenvalue weighted by Gasteiger charge is 2.06. The molecule has 6 heteroatoms. The van der Waals surface area contributed by atoms with Gasteiger partial charge in [-0.25, -0.2) is 0 Å². The third kappa shape index (κ3) is 5.58. The molecule has 0 bridgehead atoms. The fourth-order valence-electron chi connectivity index (χ4n) is 1.38. The van der Waals surface area contributed by atoms with Gasteiger partial charge in [0.2, 0.25) is 5.91 Å². The molecular weight excluding hydrogens is 248 g/mol. The summed E-state index contributed by atoms with van der Waals surface area (Å²) in [7, 11) is 1.55. The van der Waals surface area contributed by atoms with Crippen LogP contribution in [0.5, 0.6) is 5.75 Å². The lowest BCUT2D eigenvalue weighted by atomic mass is 10.2. The van der Waals surface area contributed by atoms with E-state index in [1.54, 1.807) is 25.3 Å². The molecule has 1 rings (SSSR count). The van der Waals surface area contributed by atoms with E-state index in [2.05, 4.69) is 5.32 Å². The minimum Gasteiger partial charge on any atom is -0.497 e. The molecule has 19 heavy (non-hydrogen) atoms. The molecule has 0 heterocycles. The topological polar surface area (TPSA) is 82.8 Å². The monoisotopic (exact) mass is 268 g/mol. The molecule has 0 fully saturated rings. The van der Waals surface area contributed by atoms with Crippen molar-refractivity contribution in [3.8, 4) is 5.75 Å². The van der Waals surface area contributed by atoms with E-state index in [1.165, 1.54) is 0 Å². The molecule has 0 aliphatic heterocycles. The fourth-order valence-corrected chi connectivity index (χ4v) is 1.38. The number of carbonyl (C=O) groups excluding carboxylic acids is 1. The third-order valence-corrected chi connectivity index (χ3v) is 2.34. The number of carbonyl (C=O) groups is 1. The number of anilines is 2. The summed E-state index contributed by atoms with van der Waals surface area (Å²) in [6.07, 6.45) is 0. The number of nitrogens with one attached hydrogen (secondary N) is 1. The lowest BCUT2D eigenvalue weighted by Crippen LogP contribution is -2.20. The minimum absolute atomic E-state index is 0.0380. The molecular formula is C13H20N2O4. The van der Waals surface area contributed by atoms with Crippen molar-refractivity contribution in [3.63, 3.8) is 0 Å². The first-order valence-electron chi connectivity index (χ1n) is 6.06. The molecule has 0 aliphatic rings. The fraction of sp³-hybridized carbons (Fsp3) is 0.462. The van der Waals surface area contributed by atoms with Crippen molar-refractivity contribution in [2.24, 2.45) is 0 Å². The van der Waals surface area contributed by atoms with Gasteiger partial charge in [0, 0.05) is 12.7 Å². The van der Waals surface area contributed by atoms with Gasteiger partial charge >= 0.3 is 0 Å². The molecule has 0 unspecified atom stereocenters. The first-order valence-corrected chi connectivity index (χ1v) is 6.06. The number of nitrogens with two attached hydrogens (primary N) is 1. The van der Waals surface area contributed by atoms with Crippen LogP contribution in [0.25, 0.3) is 0 Å². The summed E-state index contributed by atoms with van der Waals surface area (Å²) in [5, 5.41) is 2.67. The van der Waals surface area contributed by atoms with Gasteiger partial charge in [0.1, 0.15) is 12.4 Å². The van der Waals surface area contributed by atoms with Gasteiger partial charge in [-0.2, -0.15) is 0 Å². The Morgan fingerprint density at radius 3 is 2.74 bits per heavy atom. The number of hydrogen-bond acceptors (Lipinski definition) is 5. The van der Waals surface area contributed by atoms with Gasteiger partial charge in [0.25, 0.3) is 0 Å². The molecule has 106 valence electrons. The van der Waals surface area contributed by atoms with Crippen LogP contribution in [-0.2, 0) is 14.3 Å². The van der Waals surface area contributed by atoms with E-state index in [4.69, 9.17) is 19.9 Å². The Morgan fingerprint density at radius 2 is 2.05 bits per heavy atom. The highest BCUT2D eigenvalue weighted by Crippen LogP contribution is 2.24. The van der Waals surface area contributed by atoms with E-state index < -0.39 is 0 Å². The van der Waals surface area contributed by atoms with Gasteiger partial charge in [-0.3, -0.25) is 4.79 Å². The molecule has 0 aliphatic carbocycles. The lowest BCUT2D eigenvalue weighted by Gasteiger charge is -2.10. The van der Waals surface area contributed by atoms with Crippen molar-refractivity contribution >= 4 is 17.3 Å². The SMILES string of the molecule is CCOCCOCC(=O)Nc1cc(OC)ccc1N. The van der Waals surface area contributed by atoms with Crippen molar-refractivity contribution < 1.29 is 19.0 Å². The van der Waals surface area contributed by atoms with E-state index in [1.807, 2.05) is 6.92 Å². The van der Waals surface area contributed by atoms with Gasteiger partial charge in [0.05, 0.1) is 31.7 Å². The van der Waals surface area contributed by atoms with E-state index in [-0.39, 0.29) is 12.5 Å². The Hall–Kier alpha value is -1.79. The smallest absolute Gasteiger partial charge is 0.250 e.